The van der Waals surface area contributed by atoms with Gasteiger partial charge in [-0.25, -0.2) is 4.90 Å². The van der Waals surface area contributed by atoms with Crippen molar-refractivity contribution in [1.82, 2.24) is 4.90 Å². The molecule has 0 radical (unpaired) electrons. The average Bonchev–Trinajstić information content (AvgIpc) is 3.25. The molecule has 1 N–H and O–H groups in total. The van der Waals surface area contributed by atoms with Gasteiger partial charge in [0.2, 0.25) is 0 Å². The minimum atomic E-state index is -0.308. The number of fused-ring (bicyclic) bond motifs is 1. The summed E-state index contributed by atoms with van der Waals surface area (Å²) in [5.41, 5.74) is -0.308. The molecule has 0 saturated carbocycles. The number of hydrogen-bond acceptors (Lipinski definition) is 4. The highest BCUT2D eigenvalue weighted by Crippen LogP contribution is 2.43. The Morgan fingerprint density at radius 1 is 0.889 bits per heavy atom. The molecular weight excluding hydrogens is 338 g/mol. The normalized spacial score (nSPS) is 28.2. The molecule has 2 rings (SSSR count). The molecule has 0 aliphatic carbocycles. The first-order chi connectivity index (χ1) is 13.1. The summed E-state index contributed by atoms with van der Waals surface area (Å²) in [4.78, 5) is 2.41. The standard InChI is InChI=1S/C18H35NO3.C3H8.C2H6/c1-5-9-10-15(8-4)17-19-16(14(6-2)7-3)21-12-18(19,11-20)13-22-17;1-3-2;1-2/h14-17,20H,5-13H2,1-4H3;3H2,1-2H3;1-2H3. The Kier molecular flexibility index (Phi) is 14.7. The Balaban J connectivity index is 0.00000123. The second-order valence-corrected chi connectivity index (χ2v) is 7.79. The summed E-state index contributed by atoms with van der Waals surface area (Å²) in [7, 11) is 0. The number of hydrogen-bond donors (Lipinski definition) is 1. The van der Waals surface area contributed by atoms with E-state index in [-0.39, 0.29) is 24.6 Å². The first-order valence-electron chi connectivity index (χ1n) is 11.7. The van der Waals surface area contributed by atoms with Crippen LogP contribution in [-0.2, 0) is 9.47 Å². The summed E-state index contributed by atoms with van der Waals surface area (Å²) < 4.78 is 12.4. The zero-order valence-corrected chi connectivity index (χ0v) is 19.6. The Bertz CT molecular complexity index is 349. The van der Waals surface area contributed by atoms with E-state index in [1.54, 1.807) is 0 Å². The molecule has 4 nitrogen and oxygen atoms in total. The van der Waals surface area contributed by atoms with Crippen molar-refractivity contribution in [1.29, 1.82) is 0 Å². The fourth-order valence-electron chi connectivity index (χ4n) is 4.12. The topological polar surface area (TPSA) is 41.9 Å². The summed E-state index contributed by atoms with van der Waals surface area (Å²) >= 11 is 0. The number of aliphatic hydroxyl groups excluding tert-OH is 1. The number of unbranched alkanes of at least 4 members (excludes halogenated alkanes) is 1. The SMILES string of the molecule is CC.CCC.CCCCC(CC)C1OCC2(CO)COC(C(CC)CC)N12. The first-order valence-corrected chi connectivity index (χ1v) is 11.7. The lowest BCUT2D eigenvalue weighted by molar-refractivity contribution is -0.110. The molecule has 2 aliphatic rings. The van der Waals surface area contributed by atoms with E-state index in [9.17, 15) is 5.11 Å². The smallest absolute Gasteiger partial charge is 0.116 e. The van der Waals surface area contributed by atoms with Crippen molar-refractivity contribution in [3.63, 3.8) is 0 Å². The molecule has 0 aromatic heterocycles. The predicted molar refractivity (Wildman–Crippen MR) is 116 cm³/mol. The van der Waals surface area contributed by atoms with Crippen LogP contribution in [0, 0.1) is 11.8 Å². The van der Waals surface area contributed by atoms with Crippen LogP contribution in [0.3, 0.4) is 0 Å². The number of rotatable bonds is 9. The monoisotopic (exact) mass is 387 g/mol. The Morgan fingerprint density at radius 2 is 1.33 bits per heavy atom. The minimum Gasteiger partial charge on any atom is -0.394 e. The molecule has 2 saturated heterocycles. The van der Waals surface area contributed by atoms with Gasteiger partial charge in [-0.2, -0.15) is 0 Å². The minimum absolute atomic E-state index is 0.102. The molecule has 164 valence electrons. The van der Waals surface area contributed by atoms with Crippen molar-refractivity contribution in [2.24, 2.45) is 11.8 Å². The maximum Gasteiger partial charge on any atom is 0.116 e. The van der Waals surface area contributed by atoms with E-state index in [1.165, 1.54) is 25.7 Å². The fraction of sp³-hybridized carbons (Fsp3) is 1.00. The van der Waals surface area contributed by atoms with Crippen LogP contribution in [0.15, 0.2) is 0 Å². The van der Waals surface area contributed by atoms with Gasteiger partial charge < -0.3 is 14.6 Å². The van der Waals surface area contributed by atoms with Crippen molar-refractivity contribution in [2.45, 2.75) is 118 Å². The molecule has 0 bridgehead atoms. The number of aliphatic hydroxyl groups is 1. The second kappa shape index (κ2) is 14.8. The second-order valence-electron chi connectivity index (χ2n) is 7.79. The maximum absolute atomic E-state index is 10.0. The summed E-state index contributed by atoms with van der Waals surface area (Å²) in [6, 6.07) is 0. The Labute approximate surface area is 170 Å². The lowest BCUT2D eigenvalue weighted by Crippen LogP contribution is -2.54. The van der Waals surface area contributed by atoms with Gasteiger partial charge in [-0.1, -0.05) is 74.7 Å². The molecule has 0 aromatic carbocycles. The quantitative estimate of drug-likeness (QED) is 0.540. The largest absolute Gasteiger partial charge is 0.394 e. The van der Waals surface area contributed by atoms with Crippen LogP contribution >= 0.6 is 0 Å². The van der Waals surface area contributed by atoms with Crippen LogP contribution < -0.4 is 0 Å². The molecular formula is C23H49NO3. The van der Waals surface area contributed by atoms with Gasteiger partial charge in [0.1, 0.15) is 12.5 Å². The molecule has 4 unspecified atom stereocenters. The van der Waals surface area contributed by atoms with E-state index in [4.69, 9.17) is 9.47 Å². The summed E-state index contributed by atoms with van der Waals surface area (Å²) in [6.07, 6.45) is 8.47. The maximum atomic E-state index is 10.0. The van der Waals surface area contributed by atoms with E-state index in [0.29, 0.717) is 25.0 Å². The van der Waals surface area contributed by atoms with Crippen LogP contribution in [-0.4, -0.2) is 47.8 Å². The summed E-state index contributed by atoms with van der Waals surface area (Å²) in [5.74, 6) is 1.05. The average molecular weight is 388 g/mol. The molecule has 0 amide bonds. The summed E-state index contributed by atoms with van der Waals surface area (Å²) in [6.45, 7) is 18.6. The lowest BCUT2D eigenvalue weighted by atomic mass is 9.92. The van der Waals surface area contributed by atoms with Crippen LogP contribution in [0.5, 0.6) is 0 Å². The van der Waals surface area contributed by atoms with Crippen LogP contribution in [0.4, 0.5) is 0 Å². The van der Waals surface area contributed by atoms with E-state index in [1.807, 2.05) is 13.8 Å². The van der Waals surface area contributed by atoms with Gasteiger partial charge in [0.15, 0.2) is 0 Å². The van der Waals surface area contributed by atoms with Crippen molar-refractivity contribution >= 4 is 0 Å². The fourth-order valence-corrected chi connectivity index (χ4v) is 4.12. The Hall–Kier alpha value is -0.160. The zero-order chi connectivity index (χ0) is 20.9. The van der Waals surface area contributed by atoms with Gasteiger partial charge >= 0.3 is 0 Å². The van der Waals surface area contributed by atoms with Gasteiger partial charge in [-0.3, -0.25) is 0 Å². The molecule has 0 aromatic rings. The third kappa shape index (κ3) is 6.69. The van der Waals surface area contributed by atoms with Gasteiger partial charge in [0.05, 0.1) is 25.4 Å². The van der Waals surface area contributed by atoms with Gasteiger partial charge in [0, 0.05) is 0 Å². The molecule has 4 heteroatoms. The highest BCUT2D eigenvalue weighted by molar-refractivity contribution is 5.04. The van der Waals surface area contributed by atoms with E-state index >= 15 is 0 Å². The number of ether oxygens (including phenoxy) is 2. The van der Waals surface area contributed by atoms with Crippen molar-refractivity contribution < 1.29 is 14.6 Å². The van der Waals surface area contributed by atoms with Crippen LogP contribution in [0.1, 0.15) is 100 Å². The van der Waals surface area contributed by atoms with E-state index in [0.717, 1.165) is 19.3 Å². The van der Waals surface area contributed by atoms with E-state index in [2.05, 4.69) is 46.4 Å². The molecule has 2 fully saturated rings. The predicted octanol–water partition coefficient (Wildman–Crippen LogP) is 5.83. The Morgan fingerprint density at radius 3 is 1.70 bits per heavy atom. The van der Waals surface area contributed by atoms with Crippen molar-refractivity contribution in [2.75, 3.05) is 19.8 Å². The molecule has 27 heavy (non-hydrogen) atoms. The van der Waals surface area contributed by atoms with Gasteiger partial charge in [-0.15, -0.1) is 0 Å². The summed E-state index contributed by atoms with van der Waals surface area (Å²) in [5, 5.41) is 10.0. The molecule has 2 aliphatic heterocycles. The molecule has 2 heterocycles. The number of nitrogens with zero attached hydrogens (tertiary/aromatic N) is 1. The highest BCUT2D eigenvalue weighted by Gasteiger charge is 2.58. The van der Waals surface area contributed by atoms with E-state index < -0.39 is 0 Å². The first kappa shape index (κ1) is 26.8. The third-order valence-electron chi connectivity index (χ3n) is 5.74. The van der Waals surface area contributed by atoms with Gasteiger partial charge in [0.25, 0.3) is 0 Å². The zero-order valence-electron chi connectivity index (χ0n) is 19.6. The van der Waals surface area contributed by atoms with Gasteiger partial charge in [-0.05, 0) is 37.5 Å². The third-order valence-corrected chi connectivity index (χ3v) is 5.74. The van der Waals surface area contributed by atoms with Crippen LogP contribution in [0.2, 0.25) is 0 Å². The highest BCUT2D eigenvalue weighted by atomic mass is 16.6. The van der Waals surface area contributed by atoms with Crippen LogP contribution in [0.25, 0.3) is 0 Å². The van der Waals surface area contributed by atoms with Crippen molar-refractivity contribution in [3.05, 3.63) is 0 Å². The molecule has 0 spiro atoms. The molecule has 4 atom stereocenters. The van der Waals surface area contributed by atoms with Crippen molar-refractivity contribution in [3.8, 4) is 0 Å². The lowest BCUT2D eigenvalue weighted by Gasteiger charge is -2.38.